The van der Waals surface area contributed by atoms with Crippen LogP contribution < -0.4 is 5.32 Å². The van der Waals surface area contributed by atoms with E-state index in [2.05, 4.69) is 26.2 Å². The number of hydrogen-bond donors (Lipinski definition) is 3. The summed E-state index contributed by atoms with van der Waals surface area (Å²) in [6.07, 6.45) is 3.01. The molecule has 21 heavy (non-hydrogen) atoms. The number of carboxylic acids is 1. The molecule has 2 aromatic rings. The van der Waals surface area contributed by atoms with Crippen molar-refractivity contribution >= 4 is 39.6 Å². The van der Waals surface area contributed by atoms with Gasteiger partial charge < -0.3 is 15.4 Å². The minimum absolute atomic E-state index is 0.0308. The molecule has 0 radical (unpaired) electrons. The average Bonchev–Trinajstić information content (AvgIpc) is 2.77. The molecule has 0 spiro atoms. The van der Waals surface area contributed by atoms with E-state index >= 15 is 0 Å². The largest absolute Gasteiger partial charge is 0.477 e. The predicted molar refractivity (Wildman–Crippen MR) is 84.3 cm³/mol. The first-order chi connectivity index (χ1) is 9.95. The smallest absolute Gasteiger partial charge is 0.354 e. The topological polar surface area (TPSA) is 82.2 Å². The fourth-order valence-electron chi connectivity index (χ4n) is 1.81. The van der Waals surface area contributed by atoms with Crippen LogP contribution in [0.2, 0.25) is 0 Å². The molecule has 1 heterocycles. The van der Waals surface area contributed by atoms with Gasteiger partial charge in [-0.1, -0.05) is 28.1 Å². The van der Waals surface area contributed by atoms with Crippen LogP contribution in [-0.2, 0) is 4.79 Å². The zero-order valence-corrected chi connectivity index (χ0v) is 12.8. The predicted octanol–water partition coefficient (Wildman–Crippen LogP) is 3.44. The summed E-state index contributed by atoms with van der Waals surface area (Å²) in [6.45, 7) is 1.72. The van der Waals surface area contributed by atoms with E-state index < -0.39 is 11.9 Å². The summed E-state index contributed by atoms with van der Waals surface area (Å²) in [5, 5.41) is 11.6. The number of nitrogens with one attached hydrogen (secondary N) is 2. The molecule has 0 saturated carbocycles. The Labute approximate surface area is 129 Å². The van der Waals surface area contributed by atoms with Crippen LogP contribution in [0.4, 0.5) is 5.69 Å². The molecule has 0 saturated heterocycles. The van der Waals surface area contributed by atoms with Crippen molar-refractivity contribution in [3.05, 3.63) is 57.8 Å². The lowest BCUT2D eigenvalue weighted by atomic mass is 10.2. The number of hydrogen-bond acceptors (Lipinski definition) is 2. The number of aromatic carboxylic acids is 1. The summed E-state index contributed by atoms with van der Waals surface area (Å²) >= 11 is 3.35. The van der Waals surface area contributed by atoms with Gasteiger partial charge >= 0.3 is 5.97 Å². The van der Waals surface area contributed by atoms with E-state index in [-0.39, 0.29) is 11.4 Å². The number of benzene rings is 1. The van der Waals surface area contributed by atoms with Crippen molar-refractivity contribution in [1.29, 1.82) is 0 Å². The maximum atomic E-state index is 11.8. The molecule has 0 fully saturated rings. The van der Waals surface area contributed by atoms with Crippen molar-refractivity contribution in [2.45, 2.75) is 6.92 Å². The molecule has 0 unspecified atom stereocenters. The lowest BCUT2D eigenvalue weighted by Crippen LogP contribution is -2.10. The van der Waals surface area contributed by atoms with Crippen LogP contribution in [0.3, 0.4) is 0 Å². The van der Waals surface area contributed by atoms with E-state index in [9.17, 15) is 9.59 Å². The first-order valence-electron chi connectivity index (χ1n) is 6.13. The second-order valence-corrected chi connectivity index (χ2v) is 5.34. The van der Waals surface area contributed by atoms with Gasteiger partial charge in [-0.05, 0) is 36.8 Å². The zero-order valence-electron chi connectivity index (χ0n) is 11.2. The molecule has 2 rings (SSSR count). The highest BCUT2D eigenvalue weighted by Gasteiger charge is 2.14. The number of aromatic nitrogens is 1. The first-order valence-corrected chi connectivity index (χ1v) is 6.92. The Kier molecular flexibility index (Phi) is 4.59. The van der Waals surface area contributed by atoms with Gasteiger partial charge in [-0.15, -0.1) is 0 Å². The summed E-state index contributed by atoms with van der Waals surface area (Å²) in [7, 11) is 0. The molecule has 6 heteroatoms. The Bertz CT molecular complexity index is 719. The molecule has 0 aliphatic carbocycles. The number of halogens is 1. The molecule has 5 nitrogen and oxygen atoms in total. The summed E-state index contributed by atoms with van der Waals surface area (Å²) in [5.41, 5.74) is 1.75. The van der Waals surface area contributed by atoms with E-state index in [0.717, 1.165) is 10.0 Å². The minimum atomic E-state index is -1.12. The molecule has 1 amide bonds. The number of aryl methyl sites for hydroxylation is 1. The van der Waals surface area contributed by atoms with Crippen LogP contribution in [0.1, 0.15) is 21.7 Å². The summed E-state index contributed by atoms with van der Waals surface area (Å²) < 4.78 is 0.916. The molecule has 0 aliphatic heterocycles. The lowest BCUT2D eigenvalue weighted by molar-refractivity contribution is -0.111. The van der Waals surface area contributed by atoms with Crippen LogP contribution in [0.5, 0.6) is 0 Å². The average molecular weight is 349 g/mol. The number of aromatic amines is 1. The second kappa shape index (κ2) is 6.41. The second-order valence-electron chi connectivity index (χ2n) is 4.42. The Morgan fingerprint density at radius 3 is 2.76 bits per heavy atom. The summed E-state index contributed by atoms with van der Waals surface area (Å²) in [5.74, 6) is -1.51. The fraction of sp³-hybridized carbons (Fsp3) is 0.0667. The Hall–Kier alpha value is -2.34. The summed E-state index contributed by atoms with van der Waals surface area (Å²) in [4.78, 5) is 25.6. The van der Waals surface area contributed by atoms with E-state index in [1.54, 1.807) is 19.1 Å². The lowest BCUT2D eigenvalue weighted by Gasteiger charge is -2.00. The van der Waals surface area contributed by atoms with E-state index in [1.807, 2.05) is 24.3 Å². The number of carbonyl (C=O) groups excluding carboxylic acids is 1. The highest BCUT2D eigenvalue weighted by Crippen LogP contribution is 2.17. The van der Waals surface area contributed by atoms with Gasteiger partial charge in [-0.3, -0.25) is 4.79 Å². The SMILES string of the molecule is Cc1cc(NC(=O)/C=C/c2cccc(Br)c2)c(C(=O)O)[nH]1. The van der Waals surface area contributed by atoms with Gasteiger partial charge in [-0.2, -0.15) is 0 Å². The molecular weight excluding hydrogens is 336 g/mol. The van der Waals surface area contributed by atoms with Crippen LogP contribution in [0.25, 0.3) is 6.08 Å². The number of amides is 1. The van der Waals surface area contributed by atoms with Gasteiger partial charge in [0, 0.05) is 16.2 Å². The van der Waals surface area contributed by atoms with E-state index in [4.69, 9.17) is 5.11 Å². The number of H-pyrrole nitrogens is 1. The van der Waals surface area contributed by atoms with Gasteiger partial charge in [0.25, 0.3) is 0 Å². The Morgan fingerprint density at radius 1 is 1.33 bits per heavy atom. The Morgan fingerprint density at radius 2 is 2.10 bits per heavy atom. The van der Waals surface area contributed by atoms with Crippen molar-refractivity contribution < 1.29 is 14.7 Å². The van der Waals surface area contributed by atoms with Crippen molar-refractivity contribution in [2.24, 2.45) is 0 Å². The third kappa shape index (κ3) is 4.06. The molecular formula is C15H13BrN2O3. The van der Waals surface area contributed by atoms with Crippen molar-refractivity contribution in [3.8, 4) is 0 Å². The zero-order chi connectivity index (χ0) is 15.4. The maximum absolute atomic E-state index is 11.8. The van der Waals surface area contributed by atoms with E-state index in [0.29, 0.717) is 5.69 Å². The molecule has 3 N–H and O–H groups in total. The van der Waals surface area contributed by atoms with Crippen LogP contribution in [-0.4, -0.2) is 22.0 Å². The summed E-state index contributed by atoms with van der Waals surface area (Å²) in [6, 6.07) is 9.05. The highest BCUT2D eigenvalue weighted by molar-refractivity contribution is 9.10. The van der Waals surface area contributed by atoms with Crippen LogP contribution in [0.15, 0.2) is 40.9 Å². The molecule has 108 valence electrons. The van der Waals surface area contributed by atoms with Crippen molar-refractivity contribution in [3.63, 3.8) is 0 Å². The van der Waals surface area contributed by atoms with Gasteiger partial charge in [-0.25, -0.2) is 4.79 Å². The quantitative estimate of drug-likeness (QED) is 0.740. The van der Waals surface area contributed by atoms with Crippen molar-refractivity contribution in [2.75, 3.05) is 5.32 Å². The third-order valence-corrected chi connectivity index (χ3v) is 3.19. The molecule has 1 aromatic carbocycles. The molecule has 0 aliphatic rings. The normalized spacial score (nSPS) is 10.8. The number of carboxylic acid groups (broad SMARTS) is 1. The number of rotatable bonds is 4. The van der Waals surface area contributed by atoms with Crippen LogP contribution in [0, 0.1) is 6.92 Å². The minimum Gasteiger partial charge on any atom is -0.477 e. The number of carbonyl (C=O) groups is 2. The third-order valence-electron chi connectivity index (χ3n) is 2.70. The van der Waals surface area contributed by atoms with Gasteiger partial charge in [0.1, 0.15) is 5.69 Å². The monoisotopic (exact) mass is 348 g/mol. The van der Waals surface area contributed by atoms with Crippen molar-refractivity contribution in [1.82, 2.24) is 4.98 Å². The van der Waals surface area contributed by atoms with Gasteiger partial charge in [0.15, 0.2) is 0 Å². The Balaban J connectivity index is 2.10. The highest BCUT2D eigenvalue weighted by atomic mass is 79.9. The fourth-order valence-corrected chi connectivity index (χ4v) is 2.23. The van der Waals surface area contributed by atoms with Crippen LogP contribution >= 0.6 is 15.9 Å². The first kappa shape index (κ1) is 15.1. The van der Waals surface area contributed by atoms with Gasteiger partial charge in [0.05, 0.1) is 5.69 Å². The number of anilines is 1. The molecule has 0 bridgehead atoms. The van der Waals surface area contributed by atoms with Gasteiger partial charge in [0.2, 0.25) is 5.91 Å². The standard InChI is InChI=1S/C15H13BrN2O3/c1-9-7-12(14(17-9)15(20)21)18-13(19)6-5-10-3-2-4-11(16)8-10/h2-8,17H,1H3,(H,18,19)(H,20,21)/b6-5+. The maximum Gasteiger partial charge on any atom is 0.354 e. The molecule has 1 aromatic heterocycles. The van der Waals surface area contributed by atoms with E-state index in [1.165, 1.54) is 6.08 Å². The molecule has 0 atom stereocenters.